The van der Waals surface area contributed by atoms with E-state index in [0.29, 0.717) is 18.5 Å². The van der Waals surface area contributed by atoms with E-state index in [0.717, 1.165) is 5.56 Å². The summed E-state index contributed by atoms with van der Waals surface area (Å²) in [5, 5.41) is 12.1. The minimum atomic E-state index is -0.571. The highest BCUT2D eigenvalue weighted by Gasteiger charge is 2.15. The van der Waals surface area contributed by atoms with Crippen LogP contribution in [0.5, 0.6) is 5.75 Å². The van der Waals surface area contributed by atoms with Gasteiger partial charge >= 0.3 is 5.97 Å². The average molecular weight is 292 g/mol. The summed E-state index contributed by atoms with van der Waals surface area (Å²) in [6.45, 7) is 5.47. The molecule has 0 heterocycles. The van der Waals surface area contributed by atoms with Crippen LogP contribution in [0.1, 0.15) is 12.5 Å². The van der Waals surface area contributed by atoms with Crippen LogP contribution in [0.25, 0.3) is 0 Å². The van der Waals surface area contributed by atoms with Crippen molar-refractivity contribution in [3.63, 3.8) is 0 Å². The summed E-state index contributed by atoms with van der Waals surface area (Å²) in [5.74, 6) is -0.797. The molecule has 0 aliphatic heterocycles. The van der Waals surface area contributed by atoms with E-state index in [2.05, 4.69) is 11.9 Å². The summed E-state index contributed by atoms with van der Waals surface area (Å²) < 4.78 is 4.91. The lowest BCUT2D eigenvalue weighted by Crippen LogP contribution is -2.44. The number of esters is 1. The van der Waals surface area contributed by atoms with Crippen LogP contribution >= 0.6 is 0 Å². The topological polar surface area (TPSA) is 102 Å². The highest BCUT2D eigenvalue weighted by atomic mass is 16.5. The van der Waals surface area contributed by atoms with E-state index < -0.39 is 17.9 Å². The summed E-state index contributed by atoms with van der Waals surface area (Å²) in [5.41, 5.74) is 6.52. The third-order valence-electron chi connectivity index (χ3n) is 2.79. The quantitative estimate of drug-likeness (QED) is 0.368. The molecular weight excluding hydrogens is 272 g/mol. The molecule has 0 aliphatic rings. The minimum Gasteiger partial charge on any atom is -0.508 e. The van der Waals surface area contributed by atoms with Gasteiger partial charge in [0.05, 0.1) is 6.04 Å². The number of aromatic hydroxyl groups is 1. The molecule has 0 aliphatic carbocycles. The summed E-state index contributed by atoms with van der Waals surface area (Å²) in [4.78, 5) is 22.6. The van der Waals surface area contributed by atoms with E-state index in [4.69, 9.17) is 10.5 Å². The first kappa shape index (κ1) is 16.7. The van der Waals surface area contributed by atoms with Crippen molar-refractivity contribution in [3.8, 4) is 5.75 Å². The third kappa shape index (κ3) is 6.09. The molecule has 21 heavy (non-hydrogen) atoms. The van der Waals surface area contributed by atoms with Gasteiger partial charge < -0.3 is 20.9 Å². The van der Waals surface area contributed by atoms with Crippen LogP contribution in [0.3, 0.4) is 0 Å². The minimum absolute atomic E-state index is 0.130. The second-order valence-electron chi connectivity index (χ2n) is 4.70. The number of amides is 1. The van der Waals surface area contributed by atoms with Crippen molar-refractivity contribution in [3.05, 3.63) is 42.0 Å². The molecule has 4 N–H and O–H groups in total. The highest BCUT2D eigenvalue weighted by Crippen LogP contribution is 2.11. The average Bonchev–Trinajstić information content (AvgIpc) is 2.43. The summed E-state index contributed by atoms with van der Waals surface area (Å²) in [6, 6.07) is 5.95. The van der Waals surface area contributed by atoms with E-state index >= 15 is 0 Å². The molecule has 0 saturated carbocycles. The molecule has 0 radical (unpaired) electrons. The van der Waals surface area contributed by atoms with Crippen molar-refractivity contribution in [2.75, 3.05) is 13.2 Å². The Hall–Kier alpha value is -2.34. The number of hydrogen-bond donors (Lipinski definition) is 3. The molecule has 0 fully saturated rings. The van der Waals surface area contributed by atoms with Crippen molar-refractivity contribution in [2.24, 2.45) is 5.73 Å². The maximum atomic E-state index is 11.4. The van der Waals surface area contributed by atoms with Gasteiger partial charge in [-0.3, -0.25) is 4.79 Å². The molecule has 1 atom stereocenters. The fourth-order valence-electron chi connectivity index (χ4n) is 1.64. The molecule has 114 valence electrons. The fourth-order valence-corrected chi connectivity index (χ4v) is 1.64. The fraction of sp³-hybridized carbons (Fsp3) is 0.333. The number of carbonyl (C=O) groups is 2. The standard InChI is InChI=1S/C15H20N2O4/c1-10(2)15(20)21-8-7-17-13(14(16)19)9-11-3-5-12(18)6-4-11/h3-6,13,17-18H,1,7-9H2,2H3,(H2,16,19)/t13-/m0/s1. The number of carbonyl (C=O) groups excluding carboxylic acids is 2. The van der Waals surface area contributed by atoms with E-state index in [1.165, 1.54) is 0 Å². The van der Waals surface area contributed by atoms with Crippen molar-refractivity contribution < 1.29 is 19.4 Å². The van der Waals surface area contributed by atoms with Gasteiger partial charge in [-0.2, -0.15) is 0 Å². The first-order valence-corrected chi connectivity index (χ1v) is 6.53. The number of benzene rings is 1. The van der Waals surface area contributed by atoms with Gasteiger partial charge in [0.2, 0.25) is 5.91 Å². The largest absolute Gasteiger partial charge is 0.508 e. The van der Waals surface area contributed by atoms with Gasteiger partial charge in [-0.25, -0.2) is 4.79 Å². The lowest BCUT2D eigenvalue weighted by molar-refractivity contribution is -0.138. The molecule has 0 bridgehead atoms. The lowest BCUT2D eigenvalue weighted by Gasteiger charge is -2.15. The third-order valence-corrected chi connectivity index (χ3v) is 2.79. The van der Waals surface area contributed by atoms with Crippen LogP contribution in [-0.2, 0) is 20.7 Å². The van der Waals surface area contributed by atoms with Crippen molar-refractivity contribution >= 4 is 11.9 Å². The van der Waals surface area contributed by atoms with Crippen LogP contribution in [-0.4, -0.2) is 36.2 Å². The van der Waals surface area contributed by atoms with Gasteiger partial charge in [0, 0.05) is 12.1 Å². The van der Waals surface area contributed by atoms with Crippen LogP contribution in [0.15, 0.2) is 36.4 Å². The molecule has 1 aromatic carbocycles. The second-order valence-corrected chi connectivity index (χ2v) is 4.70. The number of phenols is 1. The zero-order valence-corrected chi connectivity index (χ0v) is 12.0. The summed E-state index contributed by atoms with van der Waals surface area (Å²) in [7, 11) is 0. The van der Waals surface area contributed by atoms with Crippen molar-refractivity contribution in [2.45, 2.75) is 19.4 Å². The Balaban J connectivity index is 2.43. The zero-order valence-electron chi connectivity index (χ0n) is 12.0. The molecule has 6 heteroatoms. The van der Waals surface area contributed by atoms with Crippen LogP contribution in [0, 0.1) is 0 Å². The molecule has 0 aromatic heterocycles. The Morgan fingerprint density at radius 2 is 2.00 bits per heavy atom. The smallest absolute Gasteiger partial charge is 0.333 e. The maximum absolute atomic E-state index is 11.4. The van der Waals surface area contributed by atoms with Crippen molar-refractivity contribution in [1.29, 1.82) is 0 Å². The van der Waals surface area contributed by atoms with E-state index in [9.17, 15) is 14.7 Å². The maximum Gasteiger partial charge on any atom is 0.333 e. The van der Waals surface area contributed by atoms with Gasteiger partial charge in [-0.05, 0) is 31.0 Å². The monoisotopic (exact) mass is 292 g/mol. The number of nitrogens with two attached hydrogens (primary N) is 1. The van der Waals surface area contributed by atoms with Crippen molar-refractivity contribution in [1.82, 2.24) is 5.32 Å². The normalized spacial score (nSPS) is 11.7. The SMILES string of the molecule is C=C(C)C(=O)OCCN[C@@H](Cc1ccc(O)cc1)C(N)=O. The molecule has 0 unspecified atom stereocenters. The van der Waals surface area contributed by atoms with E-state index in [1.807, 2.05) is 0 Å². The van der Waals surface area contributed by atoms with Gasteiger partial charge in [0.15, 0.2) is 0 Å². The summed E-state index contributed by atoms with van der Waals surface area (Å²) >= 11 is 0. The predicted molar refractivity (Wildman–Crippen MR) is 78.6 cm³/mol. The second kappa shape index (κ2) is 8.06. The molecule has 1 aromatic rings. The van der Waals surface area contributed by atoms with Gasteiger partial charge in [0.1, 0.15) is 12.4 Å². The summed E-state index contributed by atoms with van der Waals surface area (Å²) in [6.07, 6.45) is 0.393. The number of hydrogen-bond acceptors (Lipinski definition) is 5. The first-order chi connectivity index (χ1) is 9.90. The van der Waals surface area contributed by atoms with E-state index in [-0.39, 0.29) is 12.4 Å². The van der Waals surface area contributed by atoms with E-state index in [1.54, 1.807) is 31.2 Å². The number of ether oxygens (including phenoxy) is 1. The molecule has 1 rings (SSSR count). The predicted octanol–water partition coefficient (Wildman–Crippen LogP) is 0.497. The Morgan fingerprint density at radius 1 is 1.38 bits per heavy atom. The Kier molecular flexibility index (Phi) is 6.42. The number of primary amides is 1. The number of phenolic OH excluding ortho intramolecular Hbond substituents is 1. The molecule has 6 nitrogen and oxygen atoms in total. The Bertz CT molecular complexity index is 511. The molecule has 1 amide bonds. The molecular formula is C15H20N2O4. The van der Waals surface area contributed by atoms with Crippen LogP contribution in [0.2, 0.25) is 0 Å². The number of nitrogens with one attached hydrogen (secondary N) is 1. The lowest BCUT2D eigenvalue weighted by atomic mass is 10.1. The Labute approximate surface area is 123 Å². The van der Waals surface area contributed by atoms with Gasteiger partial charge in [-0.1, -0.05) is 18.7 Å². The van der Waals surface area contributed by atoms with Gasteiger partial charge in [-0.15, -0.1) is 0 Å². The van der Waals surface area contributed by atoms with Crippen LogP contribution in [0.4, 0.5) is 0 Å². The highest BCUT2D eigenvalue weighted by molar-refractivity contribution is 5.86. The first-order valence-electron chi connectivity index (χ1n) is 6.53. The van der Waals surface area contributed by atoms with Gasteiger partial charge in [0.25, 0.3) is 0 Å². The number of rotatable bonds is 8. The molecule has 0 spiro atoms. The van der Waals surface area contributed by atoms with Crippen LogP contribution < -0.4 is 11.1 Å². The molecule has 0 saturated heterocycles. The zero-order chi connectivity index (χ0) is 15.8. The Morgan fingerprint density at radius 3 is 2.52 bits per heavy atom.